The van der Waals surface area contributed by atoms with Crippen LogP contribution >= 0.6 is 0 Å². The normalized spacial score (nSPS) is 17.2. The molecule has 0 spiro atoms. The van der Waals surface area contributed by atoms with E-state index in [1.807, 2.05) is 36.1 Å². The lowest BCUT2D eigenvalue weighted by molar-refractivity contribution is 0.0792. The average molecular weight is 336 g/mol. The van der Waals surface area contributed by atoms with Gasteiger partial charge >= 0.3 is 0 Å². The number of hydrogen-bond donors (Lipinski definition) is 1. The molecule has 25 heavy (non-hydrogen) atoms. The number of hydrogen-bond acceptors (Lipinski definition) is 4. The van der Waals surface area contributed by atoms with Crippen LogP contribution in [0, 0.1) is 6.92 Å². The highest BCUT2D eigenvalue weighted by atomic mass is 16.5. The Kier molecular flexibility index (Phi) is 3.87. The van der Waals surface area contributed by atoms with E-state index in [1.54, 1.807) is 19.5 Å². The Bertz CT molecular complexity index is 934. The van der Waals surface area contributed by atoms with Gasteiger partial charge in [-0.3, -0.25) is 4.79 Å². The molecule has 1 aromatic carbocycles. The third-order valence-corrected chi connectivity index (χ3v) is 4.77. The first-order chi connectivity index (χ1) is 12.2. The number of ether oxygens (including phenoxy) is 1. The summed E-state index contributed by atoms with van der Waals surface area (Å²) < 4.78 is 5.28. The fourth-order valence-electron chi connectivity index (χ4n) is 3.39. The van der Waals surface area contributed by atoms with Crippen molar-refractivity contribution in [2.24, 2.45) is 0 Å². The van der Waals surface area contributed by atoms with Crippen LogP contribution in [0.3, 0.4) is 0 Å². The van der Waals surface area contributed by atoms with Gasteiger partial charge in [-0.05, 0) is 37.6 Å². The number of methoxy groups -OCH3 is 1. The van der Waals surface area contributed by atoms with Crippen LogP contribution in [0.5, 0.6) is 5.75 Å². The van der Waals surface area contributed by atoms with Gasteiger partial charge in [0.2, 0.25) is 0 Å². The van der Waals surface area contributed by atoms with E-state index in [0.717, 1.165) is 41.1 Å². The fraction of sp³-hybridized carbons (Fsp3) is 0.316. The second-order valence-electron chi connectivity index (χ2n) is 6.41. The molecule has 4 rings (SSSR count). The molecule has 6 heteroatoms. The number of fused-ring (bicyclic) bond motifs is 1. The zero-order valence-corrected chi connectivity index (χ0v) is 14.3. The molecule has 1 aliphatic rings. The first kappa shape index (κ1) is 15.6. The number of aromatic nitrogens is 3. The van der Waals surface area contributed by atoms with Crippen LogP contribution in [-0.4, -0.2) is 46.0 Å². The lowest BCUT2D eigenvalue weighted by atomic mass is 10.1. The van der Waals surface area contributed by atoms with Gasteiger partial charge in [0.1, 0.15) is 11.6 Å². The van der Waals surface area contributed by atoms with E-state index in [4.69, 9.17) is 4.74 Å². The SMILES string of the molecule is COc1ccc2[nH]cc(C(=O)N3CC[C@@H](c4nccc(C)n4)C3)c2c1. The smallest absolute Gasteiger partial charge is 0.256 e. The maximum absolute atomic E-state index is 13.0. The molecule has 2 aromatic heterocycles. The molecule has 0 saturated carbocycles. The number of H-pyrrole nitrogens is 1. The van der Waals surface area contributed by atoms with Crippen LogP contribution in [0.4, 0.5) is 0 Å². The topological polar surface area (TPSA) is 71.1 Å². The Balaban J connectivity index is 1.58. The van der Waals surface area contributed by atoms with Crippen LogP contribution in [0.1, 0.15) is 34.2 Å². The van der Waals surface area contributed by atoms with Gasteiger partial charge in [-0.2, -0.15) is 0 Å². The summed E-state index contributed by atoms with van der Waals surface area (Å²) in [5.74, 6) is 1.81. The molecule has 128 valence electrons. The zero-order chi connectivity index (χ0) is 17.4. The second kappa shape index (κ2) is 6.20. The standard InChI is InChI=1S/C19H20N4O2/c1-12-5-7-20-18(22-12)13-6-8-23(11-13)19(24)16-10-21-17-4-3-14(25-2)9-15(16)17/h3-5,7,9-10,13,21H,6,8,11H2,1-2H3/t13-/m1/s1. The summed E-state index contributed by atoms with van der Waals surface area (Å²) in [4.78, 5) is 26.9. The van der Waals surface area contributed by atoms with Crippen LogP contribution in [0.15, 0.2) is 36.7 Å². The first-order valence-electron chi connectivity index (χ1n) is 8.39. The summed E-state index contributed by atoms with van der Waals surface area (Å²) in [6.07, 6.45) is 4.46. The number of carbonyl (C=O) groups is 1. The molecule has 0 unspecified atom stereocenters. The molecular weight excluding hydrogens is 316 g/mol. The summed E-state index contributed by atoms with van der Waals surface area (Å²) in [5.41, 5.74) is 2.57. The molecular formula is C19H20N4O2. The summed E-state index contributed by atoms with van der Waals surface area (Å²) >= 11 is 0. The molecule has 6 nitrogen and oxygen atoms in total. The minimum Gasteiger partial charge on any atom is -0.497 e. The van der Waals surface area contributed by atoms with Crippen molar-refractivity contribution in [3.8, 4) is 5.75 Å². The predicted molar refractivity (Wildman–Crippen MR) is 94.9 cm³/mol. The number of aromatic amines is 1. The van der Waals surface area contributed by atoms with Gasteiger partial charge in [0.25, 0.3) is 5.91 Å². The first-order valence-corrected chi connectivity index (χ1v) is 8.39. The molecule has 1 fully saturated rings. The molecule has 1 aliphatic heterocycles. The number of nitrogens with zero attached hydrogens (tertiary/aromatic N) is 3. The Labute approximate surface area is 145 Å². The Hall–Kier alpha value is -2.89. The number of rotatable bonds is 3. The van der Waals surface area contributed by atoms with Crippen molar-refractivity contribution in [1.29, 1.82) is 0 Å². The van der Waals surface area contributed by atoms with Crippen LogP contribution in [0.2, 0.25) is 0 Å². The minimum atomic E-state index is 0.0367. The van der Waals surface area contributed by atoms with E-state index in [2.05, 4.69) is 15.0 Å². The Morgan fingerprint density at radius 2 is 2.24 bits per heavy atom. The zero-order valence-electron chi connectivity index (χ0n) is 14.3. The maximum atomic E-state index is 13.0. The monoisotopic (exact) mass is 336 g/mol. The molecule has 3 aromatic rings. The number of aryl methyl sites for hydroxylation is 1. The largest absolute Gasteiger partial charge is 0.497 e. The molecule has 1 saturated heterocycles. The highest BCUT2D eigenvalue weighted by Crippen LogP contribution is 2.29. The van der Waals surface area contributed by atoms with E-state index in [0.29, 0.717) is 12.1 Å². The Morgan fingerprint density at radius 3 is 3.04 bits per heavy atom. The highest BCUT2D eigenvalue weighted by Gasteiger charge is 2.30. The van der Waals surface area contributed by atoms with Crippen molar-refractivity contribution in [2.45, 2.75) is 19.3 Å². The van der Waals surface area contributed by atoms with Crippen LogP contribution < -0.4 is 4.74 Å². The Morgan fingerprint density at radius 1 is 1.36 bits per heavy atom. The lowest BCUT2D eigenvalue weighted by Crippen LogP contribution is -2.28. The van der Waals surface area contributed by atoms with Gasteiger partial charge in [-0.25, -0.2) is 9.97 Å². The van der Waals surface area contributed by atoms with Crippen molar-refractivity contribution in [2.75, 3.05) is 20.2 Å². The fourth-order valence-corrected chi connectivity index (χ4v) is 3.39. The van der Waals surface area contributed by atoms with Crippen molar-refractivity contribution >= 4 is 16.8 Å². The van der Waals surface area contributed by atoms with Gasteiger partial charge in [0.05, 0.1) is 12.7 Å². The molecule has 3 heterocycles. The highest BCUT2D eigenvalue weighted by molar-refractivity contribution is 6.07. The number of benzene rings is 1. The quantitative estimate of drug-likeness (QED) is 0.798. The number of nitrogens with one attached hydrogen (secondary N) is 1. The number of carbonyl (C=O) groups excluding carboxylic acids is 1. The van der Waals surface area contributed by atoms with E-state index in [-0.39, 0.29) is 11.8 Å². The van der Waals surface area contributed by atoms with Gasteiger partial charge in [-0.15, -0.1) is 0 Å². The van der Waals surface area contributed by atoms with E-state index >= 15 is 0 Å². The van der Waals surface area contributed by atoms with Crippen LogP contribution in [-0.2, 0) is 0 Å². The van der Waals surface area contributed by atoms with E-state index in [9.17, 15) is 4.79 Å². The summed E-state index contributed by atoms with van der Waals surface area (Å²) in [6.45, 7) is 3.33. The van der Waals surface area contributed by atoms with Gasteiger partial charge in [-0.1, -0.05) is 0 Å². The molecule has 1 N–H and O–H groups in total. The van der Waals surface area contributed by atoms with Gasteiger partial charge in [0, 0.05) is 48.0 Å². The second-order valence-corrected chi connectivity index (χ2v) is 6.41. The summed E-state index contributed by atoms with van der Waals surface area (Å²) in [7, 11) is 1.63. The maximum Gasteiger partial charge on any atom is 0.256 e. The van der Waals surface area contributed by atoms with Crippen molar-refractivity contribution < 1.29 is 9.53 Å². The molecule has 1 atom stereocenters. The summed E-state index contributed by atoms with van der Waals surface area (Å²) in [6, 6.07) is 7.60. The lowest BCUT2D eigenvalue weighted by Gasteiger charge is -2.16. The van der Waals surface area contributed by atoms with Crippen molar-refractivity contribution in [3.05, 3.63) is 53.7 Å². The molecule has 0 radical (unpaired) electrons. The predicted octanol–water partition coefficient (Wildman–Crippen LogP) is 2.90. The van der Waals surface area contributed by atoms with Crippen molar-refractivity contribution in [3.63, 3.8) is 0 Å². The summed E-state index contributed by atoms with van der Waals surface area (Å²) in [5, 5.41) is 0.889. The average Bonchev–Trinajstić information content (AvgIpc) is 3.28. The molecule has 1 amide bonds. The third-order valence-electron chi connectivity index (χ3n) is 4.77. The molecule has 0 aliphatic carbocycles. The van der Waals surface area contributed by atoms with E-state index in [1.165, 1.54) is 0 Å². The van der Waals surface area contributed by atoms with Gasteiger partial charge < -0.3 is 14.6 Å². The van der Waals surface area contributed by atoms with E-state index < -0.39 is 0 Å². The van der Waals surface area contributed by atoms with Crippen molar-refractivity contribution in [1.82, 2.24) is 19.9 Å². The minimum absolute atomic E-state index is 0.0367. The van der Waals surface area contributed by atoms with Gasteiger partial charge in [0.15, 0.2) is 0 Å². The molecule has 0 bridgehead atoms. The third kappa shape index (κ3) is 2.84. The number of amides is 1. The van der Waals surface area contributed by atoms with Crippen LogP contribution in [0.25, 0.3) is 10.9 Å². The number of likely N-dealkylation sites (tertiary alicyclic amines) is 1.